The van der Waals surface area contributed by atoms with Crippen LogP contribution < -0.4 is 5.32 Å². The number of nitrogens with one attached hydrogen (secondary N) is 1. The standard InChI is InChI=1S/C16H23BrFN3O3/c1-16(2,3)24-15(22)21-7-6-19-11(8-21)9-23-10-13-12(18)4-5-14(17)20-13/h4-5,11,19H,6-10H2,1-3H3. The number of pyridine rings is 1. The van der Waals surface area contributed by atoms with Crippen LogP contribution in [0.25, 0.3) is 0 Å². The van der Waals surface area contributed by atoms with Gasteiger partial charge in [-0.2, -0.15) is 0 Å². The number of hydrogen-bond acceptors (Lipinski definition) is 5. The Bertz CT molecular complexity index is 580. The van der Waals surface area contributed by atoms with E-state index in [0.29, 0.717) is 30.8 Å². The Hall–Kier alpha value is -1.25. The smallest absolute Gasteiger partial charge is 0.410 e. The Labute approximate surface area is 149 Å². The van der Waals surface area contributed by atoms with Crippen molar-refractivity contribution < 1.29 is 18.7 Å². The van der Waals surface area contributed by atoms with Crippen LogP contribution in [-0.4, -0.2) is 53.9 Å². The number of amides is 1. The Kier molecular flexibility index (Phi) is 6.54. The summed E-state index contributed by atoms with van der Waals surface area (Å²) in [7, 11) is 0. The molecule has 1 N–H and O–H groups in total. The molecule has 1 aromatic rings. The maximum absolute atomic E-state index is 13.6. The Morgan fingerprint density at radius 3 is 2.96 bits per heavy atom. The van der Waals surface area contributed by atoms with Gasteiger partial charge in [-0.15, -0.1) is 0 Å². The molecule has 1 unspecified atom stereocenters. The van der Waals surface area contributed by atoms with E-state index in [1.807, 2.05) is 20.8 Å². The monoisotopic (exact) mass is 403 g/mol. The largest absolute Gasteiger partial charge is 0.444 e. The van der Waals surface area contributed by atoms with Gasteiger partial charge in [-0.1, -0.05) is 0 Å². The number of carbonyl (C=O) groups is 1. The van der Waals surface area contributed by atoms with E-state index < -0.39 is 11.4 Å². The molecule has 2 heterocycles. The Balaban J connectivity index is 1.80. The molecule has 134 valence electrons. The number of rotatable bonds is 4. The number of halogens is 2. The fraction of sp³-hybridized carbons (Fsp3) is 0.625. The van der Waals surface area contributed by atoms with Gasteiger partial charge < -0.3 is 19.7 Å². The second-order valence-corrected chi connectivity index (χ2v) is 7.47. The molecule has 0 aromatic carbocycles. The third kappa shape index (κ3) is 5.99. The summed E-state index contributed by atoms with van der Waals surface area (Å²) in [6.45, 7) is 7.70. The minimum Gasteiger partial charge on any atom is -0.444 e. The van der Waals surface area contributed by atoms with Gasteiger partial charge in [-0.25, -0.2) is 14.2 Å². The zero-order valence-electron chi connectivity index (χ0n) is 14.1. The molecule has 0 saturated carbocycles. The van der Waals surface area contributed by atoms with Gasteiger partial charge in [0.2, 0.25) is 0 Å². The highest BCUT2D eigenvalue weighted by atomic mass is 79.9. The summed E-state index contributed by atoms with van der Waals surface area (Å²) in [6.07, 6.45) is -0.325. The fourth-order valence-corrected chi connectivity index (χ4v) is 2.63. The predicted molar refractivity (Wildman–Crippen MR) is 91.1 cm³/mol. The lowest BCUT2D eigenvalue weighted by Crippen LogP contribution is -2.55. The van der Waals surface area contributed by atoms with E-state index in [-0.39, 0.29) is 24.4 Å². The van der Waals surface area contributed by atoms with E-state index >= 15 is 0 Å². The van der Waals surface area contributed by atoms with E-state index in [0.717, 1.165) is 0 Å². The number of aromatic nitrogens is 1. The number of hydrogen-bond donors (Lipinski definition) is 1. The zero-order valence-corrected chi connectivity index (χ0v) is 15.7. The molecule has 0 aliphatic carbocycles. The van der Waals surface area contributed by atoms with Crippen molar-refractivity contribution in [2.45, 2.75) is 39.0 Å². The normalized spacial score (nSPS) is 18.5. The molecule has 24 heavy (non-hydrogen) atoms. The van der Waals surface area contributed by atoms with E-state index in [4.69, 9.17) is 9.47 Å². The second-order valence-electron chi connectivity index (χ2n) is 6.66. The summed E-state index contributed by atoms with van der Waals surface area (Å²) in [5.41, 5.74) is -0.262. The van der Waals surface area contributed by atoms with Gasteiger partial charge in [0.05, 0.1) is 13.2 Å². The van der Waals surface area contributed by atoms with Gasteiger partial charge in [0.1, 0.15) is 21.7 Å². The summed E-state index contributed by atoms with van der Waals surface area (Å²) in [4.78, 5) is 17.8. The highest BCUT2D eigenvalue weighted by Crippen LogP contribution is 2.13. The lowest BCUT2D eigenvalue weighted by atomic mass is 10.2. The highest BCUT2D eigenvalue weighted by molar-refractivity contribution is 9.10. The van der Waals surface area contributed by atoms with Gasteiger partial charge >= 0.3 is 6.09 Å². The van der Waals surface area contributed by atoms with Crippen LogP contribution in [0.4, 0.5) is 9.18 Å². The van der Waals surface area contributed by atoms with Crippen LogP contribution in [-0.2, 0) is 16.1 Å². The van der Waals surface area contributed by atoms with Crippen molar-refractivity contribution in [1.29, 1.82) is 0 Å². The van der Waals surface area contributed by atoms with Crippen molar-refractivity contribution in [3.63, 3.8) is 0 Å². The molecule has 1 fully saturated rings. The first-order chi connectivity index (χ1) is 11.2. The first-order valence-corrected chi connectivity index (χ1v) is 8.64. The van der Waals surface area contributed by atoms with Crippen molar-refractivity contribution in [3.8, 4) is 0 Å². The molecule has 0 radical (unpaired) electrons. The molecule has 0 bridgehead atoms. The molecule has 6 nitrogen and oxygen atoms in total. The summed E-state index contributed by atoms with van der Waals surface area (Å²) in [6, 6.07) is 2.86. The maximum Gasteiger partial charge on any atom is 0.410 e. The van der Waals surface area contributed by atoms with Gasteiger partial charge in [-0.3, -0.25) is 0 Å². The van der Waals surface area contributed by atoms with Crippen LogP contribution in [0.1, 0.15) is 26.5 Å². The van der Waals surface area contributed by atoms with Crippen LogP contribution in [0.3, 0.4) is 0 Å². The van der Waals surface area contributed by atoms with Crippen molar-refractivity contribution >= 4 is 22.0 Å². The topological polar surface area (TPSA) is 63.7 Å². The van der Waals surface area contributed by atoms with Crippen LogP contribution in [0.15, 0.2) is 16.7 Å². The minimum atomic E-state index is -0.516. The first-order valence-electron chi connectivity index (χ1n) is 7.84. The maximum atomic E-state index is 13.6. The summed E-state index contributed by atoms with van der Waals surface area (Å²) in [5.74, 6) is -0.398. The molecule has 1 aromatic heterocycles. The molecule has 1 amide bonds. The molecule has 1 saturated heterocycles. The second kappa shape index (κ2) is 8.22. The number of nitrogens with zero attached hydrogens (tertiary/aromatic N) is 2. The number of carbonyl (C=O) groups excluding carboxylic acids is 1. The highest BCUT2D eigenvalue weighted by Gasteiger charge is 2.27. The quantitative estimate of drug-likeness (QED) is 0.782. The van der Waals surface area contributed by atoms with Crippen molar-refractivity contribution in [3.05, 3.63) is 28.2 Å². The van der Waals surface area contributed by atoms with Crippen molar-refractivity contribution in [1.82, 2.24) is 15.2 Å². The average Bonchev–Trinajstić information content (AvgIpc) is 2.49. The Morgan fingerprint density at radius 1 is 1.50 bits per heavy atom. The van der Waals surface area contributed by atoms with Crippen molar-refractivity contribution in [2.24, 2.45) is 0 Å². The molecule has 0 spiro atoms. The predicted octanol–water partition coefficient (Wildman–Crippen LogP) is 2.71. The zero-order chi connectivity index (χ0) is 17.7. The van der Waals surface area contributed by atoms with Crippen LogP contribution in [0.2, 0.25) is 0 Å². The minimum absolute atomic E-state index is 0.0264. The van der Waals surface area contributed by atoms with E-state index in [2.05, 4.69) is 26.2 Å². The van der Waals surface area contributed by atoms with Gasteiger partial charge in [0, 0.05) is 25.7 Å². The summed E-state index contributed by atoms with van der Waals surface area (Å²) < 4.78 is 25.1. The summed E-state index contributed by atoms with van der Waals surface area (Å²) >= 11 is 3.21. The van der Waals surface area contributed by atoms with Gasteiger partial charge in [-0.05, 0) is 48.8 Å². The lowest BCUT2D eigenvalue weighted by Gasteiger charge is -2.34. The number of piperazine rings is 1. The van der Waals surface area contributed by atoms with Crippen LogP contribution >= 0.6 is 15.9 Å². The molecular formula is C16H23BrFN3O3. The molecule has 1 atom stereocenters. The molecule has 1 aliphatic heterocycles. The van der Waals surface area contributed by atoms with E-state index in [1.54, 1.807) is 11.0 Å². The van der Waals surface area contributed by atoms with Crippen molar-refractivity contribution in [2.75, 3.05) is 26.2 Å². The third-order valence-electron chi connectivity index (χ3n) is 3.35. The van der Waals surface area contributed by atoms with E-state index in [1.165, 1.54) is 6.07 Å². The average molecular weight is 404 g/mol. The molecule has 1 aliphatic rings. The molecule has 2 rings (SSSR count). The third-order valence-corrected chi connectivity index (χ3v) is 3.79. The fourth-order valence-electron chi connectivity index (χ4n) is 2.29. The van der Waals surface area contributed by atoms with Crippen LogP contribution in [0.5, 0.6) is 0 Å². The van der Waals surface area contributed by atoms with Gasteiger partial charge in [0.25, 0.3) is 0 Å². The SMILES string of the molecule is CC(C)(C)OC(=O)N1CCNC(COCc2nc(Br)ccc2F)C1. The molecular weight excluding hydrogens is 381 g/mol. The van der Waals surface area contributed by atoms with Crippen LogP contribution in [0, 0.1) is 5.82 Å². The van der Waals surface area contributed by atoms with Gasteiger partial charge in [0.15, 0.2) is 0 Å². The Morgan fingerprint density at radius 2 is 2.25 bits per heavy atom. The van der Waals surface area contributed by atoms with E-state index in [9.17, 15) is 9.18 Å². The summed E-state index contributed by atoms with van der Waals surface area (Å²) in [5, 5.41) is 3.28. The first kappa shape index (κ1) is 19.1. The lowest BCUT2D eigenvalue weighted by molar-refractivity contribution is 0.0124. The number of ether oxygens (including phenoxy) is 2. The molecule has 8 heteroatoms.